The summed E-state index contributed by atoms with van der Waals surface area (Å²) in [6.07, 6.45) is 3.39. The molecule has 2 bridgehead atoms. The van der Waals surface area contributed by atoms with E-state index < -0.39 is 0 Å². The smallest absolute Gasteiger partial charge is 0.254 e. The monoisotopic (exact) mass is 387 g/mol. The van der Waals surface area contributed by atoms with Crippen LogP contribution in [0.5, 0.6) is 0 Å². The predicted molar refractivity (Wildman–Crippen MR) is 112 cm³/mol. The summed E-state index contributed by atoms with van der Waals surface area (Å²) in [5, 5.41) is 0. The number of aromatic amines is 1. The first kappa shape index (κ1) is 18.1. The zero-order valence-corrected chi connectivity index (χ0v) is 17.0. The van der Waals surface area contributed by atoms with Crippen LogP contribution in [0.2, 0.25) is 0 Å². The van der Waals surface area contributed by atoms with Gasteiger partial charge in [0.25, 0.3) is 5.91 Å². The molecular formula is C24H25N3O2. The van der Waals surface area contributed by atoms with E-state index in [1.54, 1.807) is 13.3 Å². The number of benzene rings is 2. The number of nitrogens with one attached hydrogen (secondary N) is 1. The van der Waals surface area contributed by atoms with Crippen molar-refractivity contribution >= 4 is 22.7 Å². The Bertz CT molecular complexity index is 1150. The Labute approximate surface area is 170 Å². The lowest BCUT2D eigenvalue weighted by atomic mass is 9.58. The molecule has 0 spiro atoms. The summed E-state index contributed by atoms with van der Waals surface area (Å²) in [5.74, 6) is 0.517. The number of likely N-dealkylation sites (tertiary alicyclic amines) is 1. The van der Waals surface area contributed by atoms with Crippen LogP contribution in [0.3, 0.4) is 0 Å². The molecule has 2 aromatic carbocycles. The van der Waals surface area contributed by atoms with E-state index in [-0.39, 0.29) is 23.1 Å². The van der Waals surface area contributed by atoms with Gasteiger partial charge in [0, 0.05) is 23.7 Å². The molecule has 0 saturated carbocycles. The summed E-state index contributed by atoms with van der Waals surface area (Å²) in [7, 11) is 0. The van der Waals surface area contributed by atoms with Gasteiger partial charge >= 0.3 is 0 Å². The van der Waals surface area contributed by atoms with Crippen molar-refractivity contribution in [3.63, 3.8) is 0 Å². The summed E-state index contributed by atoms with van der Waals surface area (Å²) in [6.45, 7) is 6.91. The van der Waals surface area contributed by atoms with E-state index >= 15 is 0 Å². The molecule has 1 aliphatic heterocycles. The molecule has 1 amide bonds. The molecule has 5 heteroatoms. The number of H-pyrrole nitrogens is 1. The number of carbonyl (C=O) groups excluding carboxylic acids is 2. The van der Waals surface area contributed by atoms with Crippen molar-refractivity contribution in [1.82, 2.24) is 14.9 Å². The van der Waals surface area contributed by atoms with Gasteiger partial charge in [-0.25, -0.2) is 4.98 Å². The predicted octanol–water partition coefficient (Wildman–Crippen LogP) is 4.13. The fourth-order valence-corrected chi connectivity index (χ4v) is 5.32. The standard InChI is InChI=1S/C24H25N3O2/c1-14-22-12-17-5-4-16(15(2)28)10-19(17)24(14,3)8-9-27(22)23(29)18-6-7-20-21(11-18)26-13-25-20/h4-7,10-11,13-14,22H,8-9,12H2,1-3H3,(H,25,26)/t14-,22-,24-/m1/s1. The molecule has 2 heterocycles. The SMILES string of the molecule is CC(=O)c1ccc2c(c1)[C@]1(C)CCN(C(=O)c3ccc4nc[nH]c4c3)[C@H](C2)[C@H]1C. The number of nitrogens with zero attached hydrogens (tertiary/aromatic N) is 2. The van der Waals surface area contributed by atoms with E-state index in [1.165, 1.54) is 11.1 Å². The molecule has 1 N–H and O–H groups in total. The molecule has 148 valence electrons. The van der Waals surface area contributed by atoms with Crippen LogP contribution in [0.15, 0.2) is 42.7 Å². The quantitative estimate of drug-likeness (QED) is 0.673. The summed E-state index contributed by atoms with van der Waals surface area (Å²) >= 11 is 0. The molecular weight excluding hydrogens is 362 g/mol. The van der Waals surface area contributed by atoms with E-state index in [4.69, 9.17) is 0 Å². The van der Waals surface area contributed by atoms with Crippen LogP contribution in [0.25, 0.3) is 11.0 Å². The van der Waals surface area contributed by atoms with E-state index in [2.05, 4.69) is 40.8 Å². The summed E-state index contributed by atoms with van der Waals surface area (Å²) < 4.78 is 0. The van der Waals surface area contributed by atoms with Crippen molar-refractivity contribution in [3.05, 3.63) is 65.0 Å². The highest BCUT2D eigenvalue weighted by molar-refractivity contribution is 5.98. The minimum Gasteiger partial charge on any atom is -0.345 e. The van der Waals surface area contributed by atoms with Gasteiger partial charge in [0.05, 0.1) is 17.4 Å². The maximum absolute atomic E-state index is 13.4. The minimum absolute atomic E-state index is 0.0200. The van der Waals surface area contributed by atoms with Crippen molar-refractivity contribution in [3.8, 4) is 0 Å². The molecule has 0 unspecified atom stereocenters. The number of piperidine rings is 1. The van der Waals surface area contributed by atoms with Gasteiger partial charge in [-0.05, 0) is 66.5 Å². The van der Waals surface area contributed by atoms with E-state index in [0.29, 0.717) is 11.5 Å². The van der Waals surface area contributed by atoms with Crippen LogP contribution in [0.1, 0.15) is 59.0 Å². The maximum Gasteiger partial charge on any atom is 0.254 e. The van der Waals surface area contributed by atoms with Crippen molar-refractivity contribution < 1.29 is 9.59 Å². The second-order valence-corrected chi connectivity index (χ2v) is 8.79. The average molecular weight is 387 g/mol. The lowest BCUT2D eigenvalue weighted by Gasteiger charge is -2.54. The molecule has 1 fully saturated rings. The van der Waals surface area contributed by atoms with Gasteiger partial charge < -0.3 is 9.88 Å². The van der Waals surface area contributed by atoms with Crippen molar-refractivity contribution in [2.75, 3.05) is 6.54 Å². The number of hydrogen-bond donors (Lipinski definition) is 1. The van der Waals surface area contributed by atoms with Gasteiger partial charge in [0.1, 0.15) is 0 Å². The number of rotatable bonds is 2. The number of imidazole rings is 1. The molecule has 3 aromatic rings. The van der Waals surface area contributed by atoms with Crippen LogP contribution in [-0.2, 0) is 11.8 Å². The zero-order valence-electron chi connectivity index (χ0n) is 17.0. The Morgan fingerprint density at radius 3 is 2.76 bits per heavy atom. The summed E-state index contributed by atoms with van der Waals surface area (Å²) in [6, 6.07) is 11.9. The van der Waals surface area contributed by atoms with E-state index in [9.17, 15) is 9.59 Å². The third-order valence-electron chi connectivity index (χ3n) is 7.34. The summed E-state index contributed by atoms with van der Waals surface area (Å²) in [4.78, 5) is 34.7. The largest absolute Gasteiger partial charge is 0.345 e. The fraction of sp³-hybridized carbons (Fsp3) is 0.375. The average Bonchev–Trinajstić information content (AvgIpc) is 3.18. The lowest BCUT2D eigenvalue weighted by Crippen LogP contribution is -2.59. The Hall–Kier alpha value is -2.95. The highest BCUT2D eigenvalue weighted by Gasteiger charge is 2.49. The molecule has 5 rings (SSSR count). The molecule has 5 nitrogen and oxygen atoms in total. The van der Waals surface area contributed by atoms with Gasteiger partial charge in [-0.15, -0.1) is 0 Å². The topological polar surface area (TPSA) is 66.1 Å². The third kappa shape index (κ3) is 2.64. The zero-order chi connectivity index (χ0) is 20.3. The van der Waals surface area contributed by atoms with Gasteiger partial charge in [-0.2, -0.15) is 0 Å². The third-order valence-corrected chi connectivity index (χ3v) is 7.34. The van der Waals surface area contributed by atoms with Crippen LogP contribution < -0.4 is 0 Å². The van der Waals surface area contributed by atoms with Crippen LogP contribution in [-0.4, -0.2) is 39.1 Å². The van der Waals surface area contributed by atoms with Crippen LogP contribution >= 0.6 is 0 Å². The number of carbonyl (C=O) groups is 2. The van der Waals surface area contributed by atoms with E-state index in [0.717, 1.165) is 36.0 Å². The first-order chi connectivity index (χ1) is 13.9. The Balaban J connectivity index is 1.51. The molecule has 29 heavy (non-hydrogen) atoms. The fourth-order valence-electron chi connectivity index (χ4n) is 5.32. The Kier molecular flexibility index (Phi) is 3.92. The molecule has 2 aliphatic rings. The molecule has 3 atom stereocenters. The highest BCUT2D eigenvalue weighted by Crippen LogP contribution is 2.49. The summed E-state index contributed by atoms with van der Waals surface area (Å²) in [5.41, 5.74) is 5.78. The minimum atomic E-state index is -0.0200. The Morgan fingerprint density at radius 2 is 1.97 bits per heavy atom. The lowest BCUT2D eigenvalue weighted by molar-refractivity contribution is 0.0250. The normalized spacial score (nSPS) is 25.7. The number of hydrogen-bond acceptors (Lipinski definition) is 3. The highest BCUT2D eigenvalue weighted by atomic mass is 16.2. The van der Waals surface area contributed by atoms with Gasteiger partial charge in [0.2, 0.25) is 0 Å². The van der Waals surface area contributed by atoms with Crippen LogP contribution in [0.4, 0.5) is 0 Å². The van der Waals surface area contributed by atoms with Gasteiger partial charge in [-0.3, -0.25) is 9.59 Å². The number of Topliss-reactive ketones (excluding diaryl/α,β-unsaturated/α-hetero) is 1. The first-order valence-corrected chi connectivity index (χ1v) is 10.3. The molecule has 1 aliphatic carbocycles. The van der Waals surface area contributed by atoms with Crippen molar-refractivity contribution in [2.45, 2.75) is 45.1 Å². The number of fused-ring (bicyclic) bond motifs is 5. The van der Waals surface area contributed by atoms with Crippen molar-refractivity contribution in [1.29, 1.82) is 0 Å². The number of amides is 1. The number of ketones is 1. The second-order valence-electron chi connectivity index (χ2n) is 8.79. The number of aromatic nitrogens is 2. The molecule has 0 radical (unpaired) electrons. The Morgan fingerprint density at radius 1 is 1.17 bits per heavy atom. The van der Waals surface area contributed by atoms with E-state index in [1.807, 2.05) is 24.3 Å². The van der Waals surface area contributed by atoms with Crippen LogP contribution in [0, 0.1) is 5.92 Å². The second kappa shape index (κ2) is 6.28. The first-order valence-electron chi connectivity index (χ1n) is 10.3. The molecule has 1 aromatic heterocycles. The van der Waals surface area contributed by atoms with Gasteiger partial charge in [-0.1, -0.05) is 26.0 Å². The maximum atomic E-state index is 13.4. The van der Waals surface area contributed by atoms with Crippen molar-refractivity contribution in [2.24, 2.45) is 5.92 Å². The molecule has 1 saturated heterocycles. The van der Waals surface area contributed by atoms with Gasteiger partial charge in [0.15, 0.2) is 5.78 Å².